The third-order valence-corrected chi connectivity index (χ3v) is 8.93. The molecule has 0 saturated carbocycles. The number of hydrogen-bond acceptors (Lipinski definition) is 3. The third kappa shape index (κ3) is 3.50. The molecule has 6 rings (SSSR count). The molecule has 168 valence electrons. The number of fused-ring (bicyclic) bond motifs is 5. The van der Waals surface area contributed by atoms with Gasteiger partial charge in [-0.1, -0.05) is 12.1 Å². The van der Waals surface area contributed by atoms with Gasteiger partial charge < -0.3 is 14.8 Å². The van der Waals surface area contributed by atoms with Crippen molar-refractivity contribution in [1.82, 2.24) is 9.47 Å². The number of benzene rings is 1. The maximum Gasteiger partial charge on any atom is 0.323 e. The number of anilines is 1. The van der Waals surface area contributed by atoms with Gasteiger partial charge in [0, 0.05) is 27.2 Å². The quantitative estimate of drug-likeness (QED) is 0.330. The molecule has 1 atom stereocenters. The summed E-state index contributed by atoms with van der Waals surface area (Å²) in [4.78, 5) is 18.2. The number of amides is 2. The highest BCUT2D eigenvalue weighted by molar-refractivity contribution is 7.15. The predicted molar refractivity (Wildman–Crippen MR) is 132 cm³/mol. The standard InChI is InChI=1S/C26H24FN3OS2/c1-16-10-11-17(14-20(16)27)28-26(31)30-15-19-18-6-2-3-8-22(18)33-25(19)29-12-4-7-21(29)24(30)23-9-5-13-32-23/h4-5,7,9-14,24H,2-3,6,8,15H2,1H3,(H,28,31). The largest absolute Gasteiger partial charge is 0.323 e. The van der Waals surface area contributed by atoms with E-state index in [0.717, 1.165) is 23.4 Å². The molecule has 0 bridgehead atoms. The van der Waals surface area contributed by atoms with Crippen LogP contribution >= 0.6 is 22.7 Å². The summed E-state index contributed by atoms with van der Waals surface area (Å²) in [6.07, 6.45) is 6.73. The van der Waals surface area contributed by atoms with Crippen LogP contribution in [0.3, 0.4) is 0 Å². The highest BCUT2D eigenvalue weighted by atomic mass is 32.1. The van der Waals surface area contributed by atoms with Gasteiger partial charge in [-0.25, -0.2) is 9.18 Å². The van der Waals surface area contributed by atoms with Crippen molar-refractivity contribution in [3.05, 3.63) is 92.0 Å². The zero-order valence-electron chi connectivity index (χ0n) is 18.3. The summed E-state index contributed by atoms with van der Waals surface area (Å²) in [6, 6.07) is 12.7. The monoisotopic (exact) mass is 477 g/mol. The van der Waals surface area contributed by atoms with Crippen LogP contribution in [-0.2, 0) is 19.4 Å². The normalized spacial score (nSPS) is 17.2. The number of rotatable bonds is 2. The van der Waals surface area contributed by atoms with Crippen molar-refractivity contribution >= 4 is 34.4 Å². The number of carbonyl (C=O) groups is 1. The topological polar surface area (TPSA) is 37.3 Å². The van der Waals surface area contributed by atoms with Crippen molar-refractivity contribution < 1.29 is 9.18 Å². The Morgan fingerprint density at radius 1 is 1.12 bits per heavy atom. The number of aromatic nitrogens is 1. The van der Waals surface area contributed by atoms with Crippen LogP contribution in [0.2, 0.25) is 0 Å². The molecule has 0 spiro atoms. The Bertz CT molecular complexity index is 1340. The molecule has 3 aromatic heterocycles. The summed E-state index contributed by atoms with van der Waals surface area (Å²) in [5, 5.41) is 6.26. The smallest absolute Gasteiger partial charge is 0.310 e. The maximum atomic E-state index is 14.2. The molecule has 1 unspecified atom stereocenters. The van der Waals surface area contributed by atoms with Gasteiger partial charge in [0.05, 0.1) is 12.2 Å². The second kappa shape index (κ2) is 8.15. The highest BCUT2D eigenvalue weighted by Crippen LogP contribution is 2.44. The van der Waals surface area contributed by atoms with E-state index in [1.54, 1.807) is 30.4 Å². The van der Waals surface area contributed by atoms with Crippen LogP contribution in [0.5, 0.6) is 0 Å². The van der Waals surface area contributed by atoms with E-state index < -0.39 is 0 Å². The van der Waals surface area contributed by atoms with Crippen LogP contribution in [0.25, 0.3) is 5.00 Å². The molecule has 1 aliphatic heterocycles. The second-order valence-electron chi connectivity index (χ2n) is 8.74. The van der Waals surface area contributed by atoms with E-state index >= 15 is 0 Å². The minimum absolute atomic E-state index is 0.214. The fraction of sp³-hybridized carbons (Fsp3) is 0.269. The van der Waals surface area contributed by atoms with Crippen LogP contribution in [0.15, 0.2) is 54.0 Å². The number of nitrogens with one attached hydrogen (secondary N) is 1. The first-order chi connectivity index (χ1) is 16.1. The molecular formula is C26H24FN3OS2. The van der Waals surface area contributed by atoms with Gasteiger partial charge in [0.15, 0.2) is 0 Å². The summed E-state index contributed by atoms with van der Waals surface area (Å²) in [6.45, 7) is 2.25. The lowest BCUT2D eigenvalue weighted by Crippen LogP contribution is -2.37. The van der Waals surface area contributed by atoms with Crippen molar-refractivity contribution in [2.75, 3.05) is 5.32 Å². The van der Waals surface area contributed by atoms with Crippen molar-refractivity contribution in [3.8, 4) is 5.00 Å². The fourth-order valence-electron chi connectivity index (χ4n) is 5.00. The van der Waals surface area contributed by atoms with E-state index in [1.165, 1.54) is 39.9 Å². The summed E-state index contributed by atoms with van der Waals surface area (Å²) in [5.74, 6) is -0.318. The first kappa shape index (κ1) is 20.7. The molecule has 2 amide bonds. The van der Waals surface area contributed by atoms with Crippen LogP contribution in [-0.4, -0.2) is 15.5 Å². The summed E-state index contributed by atoms with van der Waals surface area (Å²) in [7, 11) is 0. The molecule has 1 N–H and O–H groups in total. The van der Waals surface area contributed by atoms with Crippen LogP contribution in [0, 0.1) is 12.7 Å². The fourth-order valence-corrected chi connectivity index (χ4v) is 7.25. The molecule has 4 aromatic rings. The Labute approximate surface area is 200 Å². The summed E-state index contributed by atoms with van der Waals surface area (Å²) in [5.41, 5.74) is 4.80. The number of nitrogens with zero attached hydrogens (tertiary/aromatic N) is 2. The van der Waals surface area contributed by atoms with E-state index in [-0.39, 0.29) is 17.9 Å². The third-order valence-electron chi connectivity index (χ3n) is 6.68. The number of hydrogen-bond donors (Lipinski definition) is 1. The number of urea groups is 1. The average molecular weight is 478 g/mol. The highest BCUT2D eigenvalue weighted by Gasteiger charge is 2.36. The Balaban J connectivity index is 1.47. The first-order valence-corrected chi connectivity index (χ1v) is 13.0. The number of aryl methyl sites for hydroxylation is 2. The van der Waals surface area contributed by atoms with Gasteiger partial charge in [-0.2, -0.15) is 0 Å². The first-order valence-electron chi connectivity index (χ1n) is 11.3. The lowest BCUT2D eigenvalue weighted by Gasteiger charge is -2.30. The van der Waals surface area contributed by atoms with E-state index in [1.807, 2.05) is 22.3 Å². The minimum atomic E-state index is -0.318. The SMILES string of the molecule is Cc1ccc(NC(=O)N2Cc3c(sc4c3CCCC4)-n3cccc3C2c2cccs2)cc1F. The molecule has 33 heavy (non-hydrogen) atoms. The molecular weight excluding hydrogens is 453 g/mol. The molecule has 0 saturated heterocycles. The van der Waals surface area contributed by atoms with Gasteiger partial charge in [-0.3, -0.25) is 0 Å². The average Bonchev–Trinajstić information content (AvgIpc) is 3.56. The number of thiophene rings is 2. The lowest BCUT2D eigenvalue weighted by molar-refractivity contribution is 0.195. The molecule has 1 aliphatic carbocycles. The van der Waals surface area contributed by atoms with Gasteiger partial charge in [0.1, 0.15) is 16.9 Å². The molecule has 0 fully saturated rings. The number of halogens is 1. The zero-order chi connectivity index (χ0) is 22.5. The zero-order valence-corrected chi connectivity index (χ0v) is 19.9. The molecule has 2 aliphatic rings. The Hall–Kier alpha value is -2.90. The molecule has 4 nitrogen and oxygen atoms in total. The predicted octanol–water partition coefficient (Wildman–Crippen LogP) is 7.06. The van der Waals surface area contributed by atoms with Crippen molar-refractivity contribution in [1.29, 1.82) is 0 Å². The van der Waals surface area contributed by atoms with Crippen molar-refractivity contribution in [2.24, 2.45) is 0 Å². The second-order valence-corrected chi connectivity index (χ2v) is 10.8. The Morgan fingerprint density at radius 3 is 2.82 bits per heavy atom. The van der Waals surface area contributed by atoms with Gasteiger partial charge in [-0.15, -0.1) is 22.7 Å². The van der Waals surface area contributed by atoms with Crippen molar-refractivity contribution in [2.45, 2.75) is 45.2 Å². The van der Waals surface area contributed by atoms with E-state index in [0.29, 0.717) is 17.8 Å². The van der Waals surface area contributed by atoms with Gasteiger partial charge in [0.25, 0.3) is 0 Å². The lowest BCUT2D eigenvalue weighted by atomic mass is 9.95. The summed E-state index contributed by atoms with van der Waals surface area (Å²) < 4.78 is 16.5. The molecule has 4 heterocycles. The summed E-state index contributed by atoms with van der Waals surface area (Å²) >= 11 is 3.53. The molecule has 1 aromatic carbocycles. The van der Waals surface area contributed by atoms with Crippen LogP contribution in [0.4, 0.5) is 14.9 Å². The minimum Gasteiger partial charge on any atom is -0.310 e. The Kier molecular flexibility index (Phi) is 5.11. The van der Waals surface area contributed by atoms with Crippen molar-refractivity contribution in [3.63, 3.8) is 0 Å². The number of carbonyl (C=O) groups excluding carboxylic acids is 1. The molecule has 0 radical (unpaired) electrons. The van der Waals surface area contributed by atoms with Gasteiger partial charge in [-0.05, 0) is 79.4 Å². The van der Waals surface area contributed by atoms with Gasteiger partial charge >= 0.3 is 6.03 Å². The van der Waals surface area contributed by atoms with E-state index in [4.69, 9.17) is 0 Å². The van der Waals surface area contributed by atoms with E-state index in [9.17, 15) is 9.18 Å². The van der Waals surface area contributed by atoms with E-state index in [2.05, 4.69) is 39.7 Å². The van der Waals surface area contributed by atoms with Crippen LogP contribution < -0.4 is 5.32 Å². The van der Waals surface area contributed by atoms with Crippen LogP contribution in [0.1, 0.15) is 51.0 Å². The maximum absolute atomic E-state index is 14.2. The van der Waals surface area contributed by atoms with Gasteiger partial charge in [0.2, 0.25) is 0 Å². The molecule has 7 heteroatoms. The Morgan fingerprint density at radius 2 is 2.00 bits per heavy atom.